The maximum absolute atomic E-state index is 11.6. The van der Waals surface area contributed by atoms with Crippen molar-refractivity contribution in [2.24, 2.45) is 0 Å². The largest absolute Gasteiger partial charge is 0.416 e. The van der Waals surface area contributed by atoms with Gasteiger partial charge in [0.15, 0.2) is 8.32 Å². The highest BCUT2D eigenvalue weighted by molar-refractivity contribution is 6.74. The van der Waals surface area contributed by atoms with Gasteiger partial charge >= 0.3 is 7.41 Å². The summed E-state index contributed by atoms with van der Waals surface area (Å²) >= 11 is 0. The zero-order valence-electron chi connectivity index (χ0n) is 28.5. The number of rotatable bonds is 11. The van der Waals surface area contributed by atoms with E-state index in [0.717, 1.165) is 55.0 Å². The molecule has 1 fully saturated rings. The number of fused-ring (bicyclic) bond motifs is 1. The molecule has 12 nitrogen and oxygen atoms in total. The van der Waals surface area contributed by atoms with Crippen molar-refractivity contribution in [3.63, 3.8) is 0 Å². The summed E-state index contributed by atoms with van der Waals surface area (Å²) in [6.45, 7) is 20.3. The molecule has 2 aromatic heterocycles. The van der Waals surface area contributed by atoms with Crippen molar-refractivity contribution in [2.75, 3.05) is 67.5 Å². The molecule has 2 aliphatic rings. The molecule has 0 aliphatic carbocycles. The van der Waals surface area contributed by atoms with Crippen molar-refractivity contribution in [1.29, 1.82) is 5.26 Å². The zero-order chi connectivity index (χ0) is 34.0. The van der Waals surface area contributed by atoms with Crippen molar-refractivity contribution in [1.82, 2.24) is 24.8 Å². The van der Waals surface area contributed by atoms with Crippen LogP contribution in [0.2, 0.25) is 18.1 Å². The van der Waals surface area contributed by atoms with E-state index in [1.165, 1.54) is 7.41 Å². The van der Waals surface area contributed by atoms with Gasteiger partial charge in [0.05, 0.1) is 17.9 Å². The average Bonchev–Trinajstić information content (AvgIpc) is 3.31. The molecular weight excluding hydrogens is 609 g/mol. The Morgan fingerprint density at radius 3 is 2.57 bits per heavy atom. The molecule has 0 spiro atoms. The number of β-amino-alcohol motifs (C(OH)–C–C–N with tert-alkyl or cyclic N) is 1. The molecule has 0 bridgehead atoms. The lowest BCUT2D eigenvalue weighted by atomic mass is 9.83. The number of nitrogens with zero attached hydrogens (tertiary/aromatic N) is 8. The molecular formula is C33H45BN9O3Si. The lowest BCUT2D eigenvalue weighted by molar-refractivity contribution is 0.188. The number of aromatic nitrogens is 4. The Bertz CT molecular complexity index is 1650. The van der Waals surface area contributed by atoms with E-state index < -0.39 is 13.7 Å². The topological polar surface area (TPSA) is 144 Å². The molecule has 2 aliphatic heterocycles. The molecule has 14 heteroatoms. The molecule has 1 aromatic carbocycles. The van der Waals surface area contributed by atoms with Crippen LogP contribution in [0, 0.1) is 18.3 Å². The second-order valence-electron chi connectivity index (χ2n) is 14.2. The molecule has 3 aromatic rings. The van der Waals surface area contributed by atoms with Gasteiger partial charge in [-0.2, -0.15) is 5.26 Å². The summed E-state index contributed by atoms with van der Waals surface area (Å²) < 4.78 is 6.71. The summed E-state index contributed by atoms with van der Waals surface area (Å²) in [5.41, 5.74) is 3.12. The number of carbonyl (C=O) groups is 1. The smallest absolute Gasteiger partial charge is 0.329 e. The monoisotopic (exact) mass is 654 g/mol. The molecule has 1 atom stereocenters. The Hall–Kier alpha value is -3.90. The number of carbonyl (C=O) groups excluding carboxylic acids is 1. The minimum absolute atomic E-state index is 0.0433. The first-order chi connectivity index (χ1) is 22.3. The number of aliphatic hydroxyl groups excluding tert-OH is 1. The summed E-state index contributed by atoms with van der Waals surface area (Å²) in [6, 6.07) is 9.98. The van der Waals surface area contributed by atoms with Gasteiger partial charge in [0.1, 0.15) is 29.7 Å². The van der Waals surface area contributed by atoms with E-state index in [1.807, 2.05) is 29.9 Å². The molecule has 47 heavy (non-hydrogen) atoms. The third-order valence-electron chi connectivity index (χ3n) is 9.61. The Balaban J connectivity index is 1.44. The number of nitriles is 1. The maximum Gasteiger partial charge on any atom is 0.329 e. The first-order valence-corrected chi connectivity index (χ1v) is 19.0. The van der Waals surface area contributed by atoms with Crippen LogP contribution in [0.1, 0.15) is 44.6 Å². The third kappa shape index (κ3) is 7.49. The second-order valence-corrected chi connectivity index (χ2v) is 19.0. The molecule has 0 amide bonds. The van der Waals surface area contributed by atoms with Crippen molar-refractivity contribution in [2.45, 2.75) is 58.2 Å². The van der Waals surface area contributed by atoms with E-state index in [0.29, 0.717) is 48.5 Å². The molecule has 4 heterocycles. The molecule has 5 rings (SSSR count). The van der Waals surface area contributed by atoms with E-state index in [4.69, 9.17) is 9.41 Å². The number of hydrogen-bond donors (Lipinski definition) is 2. The number of anilines is 4. The van der Waals surface area contributed by atoms with Gasteiger partial charge in [-0.3, -0.25) is 4.90 Å². The van der Waals surface area contributed by atoms with Crippen LogP contribution >= 0.6 is 0 Å². The van der Waals surface area contributed by atoms with Gasteiger partial charge in [0.2, 0.25) is 5.95 Å². The summed E-state index contributed by atoms with van der Waals surface area (Å²) in [5, 5.41) is 22.8. The first kappa shape index (κ1) is 34.4. The Morgan fingerprint density at radius 1 is 1.17 bits per heavy atom. The summed E-state index contributed by atoms with van der Waals surface area (Å²) in [5.74, 6) is 2.42. The fraction of sp³-hybridized carbons (Fsp3) is 0.515. The van der Waals surface area contributed by atoms with Crippen LogP contribution in [0.5, 0.6) is 0 Å². The van der Waals surface area contributed by atoms with Crippen LogP contribution in [-0.4, -0.2) is 104 Å². The van der Waals surface area contributed by atoms with E-state index >= 15 is 0 Å². The van der Waals surface area contributed by atoms with Crippen LogP contribution in [0.4, 0.5) is 23.3 Å². The second kappa shape index (κ2) is 13.7. The molecule has 0 saturated carbocycles. The molecule has 0 unspecified atom stereocenters. The van der Waals surface area contributed by atoms with E-state index in [9.17, 15) is 15.2 Å². The average molecular weight is 655 g/mol. The molecule has 247 valence electrons. The minimum atomic E-state index is -2.07. The molecule has 1 radical (unpaired) electrons. The predicted octanol–water partition coefficient (Wildman–Crippen LogP) is 3.88. The van der Waals surface area contributed by atoms with Gasteiger partial charge in [-0.25, -0.2) is 19.9 Å². The van der Waals surface area contributed by atoms with Crippen molar-refractivity contribution in [3.05, 3.63) is 47.4 Å². The van der Waals surface area contributed by atoms with Crippen LogP contribution in [0.25, 0.3) is 11.3 Å². The SMILES string of the molecule is Cc1nc(Nc2nccc(-c3cc(C#N)c4c(c3)[C@@](C)(CO[Si](C)(C)C(C)(C)C)CN4[B]C=O)n2)cc(N2CCN(CCO)CC2)n1. The van der Waals surface area contributed by atoms with Crippen molar-refractivity contribution >= 4 is 45.2 Å². The van der Waals surface area contributed by atoms with E-state index in [2.05, 4.69) is 83.0 Å². The predicted molar refractivity (Wildman–Crippen MR) is 188 cm³/mol. The summed E-state index contributed by atoms with van der Waals surface area (Å²) in [7, 11) is -0.572. The lowest BCUT2D eigenvalue weighted by Gasteiger charge is -2.39. The first-order valence-electron chi connectivity index (χ1n) is 16.1. The number of aliphatic hydroxyl groups is 1. The summed E-state index contributed by atoms with van der Waals surface area (Å²) in [6.07, 6.45) is 2.45. The van der Waals surface area contributed by atoms with Gasteiger partial charge in [-0.15, -0.1) is 0 Å². The van der Waals surface area contributed by atoms with E-state index in [1.54, 1.807) is 6.20 Å². The van der Waals surface area contributed by atoms with E-state index in [-0.39, 0.29) is 11.6 Å². The Labute approximate surface area is 279 Å². The van der Waals surface area contributed by atoms with Crippen molar-refractivity contribution < 1.29 is 14.3 Å². The third-order valence-corrected chi connectivity index (χ3v) is 14.1. The minimum Gasteiger partial charge on any atom is -0.416 e. The molecule has 1 saturated heterocycles. The fourth-order valence-electron chi connectivity index (χ4n) is 5.87. The number of nitrogens with one attached hydrogen (secondary N) is 1. The Morgan fingerprint density at radius 2 is 1.91 bits per heavy atom. The number of hydrogen-bond acceptors (Lipinski definition) is 12. The fourth-order valence-corrected chi connectivity index (χ4v) is 6.98. The van der Waals surface area contributed by atoms with Gasteiger partial charge in [-0.05, 0) is 48.8 Å². The standard InChI is InChI=1S/C33H45BN9O3Si/c1-23-37-28(18-29(38-23)42-12-10-41(11-13-42)14-15-44)40-31-36-9-8-27(39-31)24-16-25(19-35)30-26(17-24)33(5,20-43(30)34-22-45)21-46-47(6,7)32(2,3)4/h8-9,16-18,22,44H,10-15,20-21H2,1-7H3,(H,36,37,38,39,40)/t33-/m1/s1. The number of benzene rings is 1. The van der Waals surface area contributed by atoms with Gasteiger partial charge in [0, 0.05) is 74.8 Å². The highest BCUT2D eigenvalue weighted by Crippen LogP contribution is 2.46. The zero-order valence-corrected chi connectivity index (χ0v) is 29.5. The van der Waals surface area contributed by atoms with Crippen LogP contribution in [0.15, 0.2) is 30.5 Å². The molecule has 2 N–H and O–H groups in total. The number of aryl methyl sites for hydroxylation is 1. The van der Waals surface area contributed by atoms with Gasteiger partial charge in [-0.1, -0.05) is 27.7 Å². The maximum atomic E-state index is 11.6. The van der Waals surface area contributed by atoms with Crippen molar-refractivity contribution in [3.8, 4) is 17.3 Å². The Kier molecular flexibility index (Phi) is 10.0. The normalized spacial score (nSPS) is 18.5. The van der Waals surface area contributed by atoms with Gasteiger partial charge in [0.25, 0.3) is 0 Å². The lowest BCUT2D eigenvalue weighted by Crippen LogP contribution is -2.47. The van der Waals surface area contributed by atoms with Crippen LogP contribution in [-0.2, 0) is 14.6 Å². The quantitative estimate of drug-likeness (QED) is 0.229. The van der Waals surface area contributed by atoms with Gasteiger partial charge < -0.3 is 29.4 Å². The highest BCUT2D eigenvalue weighted by atomic mass is 28.4. The highest BCUT2D eigenvalue weighted by Gasteiger charge is 2.44. The van der Waals surface area contributed by atoms with Crippen LogP contribution < -0.4 is 15.0 Å². The summed E-state index contributed by atoms with van der Waals surface area (Å²) in [4.78, 5) is 36.5. The number of piperazine rings is 1. The van der Waals surface area contributed by atoms with Crippen LogP contribution in [0.3, 0.4) is 0 Å².